The van der Waals surface area contributed by atoms with Crippen LogP contribution in [-0.4, -0.2) is 12.2 Å². The van der Waals surface area contributed by atoms with Crippen LogP contribution >= 0.6 is 38.9 Å². The second kappa shape index (κ2) is 6.06. The van der Waals surface area contributed by atoms with Crippen molar-refractivity contribution in [2.45, 2.75) is 13.2 Å². The molecule has 0 saturated carbocycles. The summed E-state index contributed by atoms with van der Waals surface area (Å²) < 4.78 is 1.81. The molecule has 0 aliphatic heterocycles. The summed E-state index contributed by atoms with van der Waals surface area (Å²) >= 11 is 11.0. The van der Waals surface area contributed by atoms with Crippen molar-refractivity contribution in [3.63, 3.8) is 0 Å². The summed E-state index contributed by atoms with van der Waals surface area (Å²) in [6.45, 7) is 0.818. The predicted molar refractivity (Wildman–Crippen MR) is 81.5 cm³/mol. The first-order valence-electron chi connectivity index (χ1n) is 5.45. The molecule has 2 rings (SSSR count). The maximum atomic E-state index is 9.37. The lowest BCUT2D eigenvalue weighted by Gasteiger charge is -2.21. The molecule has 5 heteroatoms. The molecule has 18 heavy (non-hydrogen) atoms. The predicted octanol–water partition coefficient (Wildman–Crippen LogP) is 4.29. The van der Waals surface area contributed by atoms with E-state index in [1.54, 1.807) is 11.3 Å². The minimum atomic E-state index is 0.0398. The van der Waals surface area contributed by atoms with E-state index in [1.807, 2.05) is 37.4 Å². The topological polar surface area (TPSA) is 23.5 Å². The molecule has 0 aliphatic carbocycles. The zero-order valence-electron chi connectivity index (χ0n) is 9.86. The highest BCUT2D eigenvalue weighted by Crippen LogP contribution is 2.28. The third-order valence-corrected chi connectivity index (χ3v) is 4.36. The normalized spacial score (nSPS) is 10.7. The molecule has 0 fully saturated rings. The van der Waals surface area contributed by atoms with Crippen LogP contribution in [0.4, 0.5) is 5.69 Å². The number of nitrogens with zero attached hydrogens (tertiary/aromatic N) is 1. The number of rotatable bonds is 4. The Morgan fingerprint density at radius 3 is 2.72 bits per heavy atom. The Kier molecular flexibility index (Phi) is 4.67. The maximum absolute atomic E-state index is 9.37. The van der Waals surface area contributed by atoms with E-state index in [2.05, 4.69) is 20.8 Å². The van der Waals surface area contributed by atoms with Crippen molar-refractivity contribution in [3.05, 3.63) is 49.6 Å². The highest BCUT2D eigenvalue weighted by molar-refractivity contribution is 9.10. The van der Waals surface area contributed by atoms with E-state index < -0.39 is 0 Å². The number of anilines is 1. The molecule has 0 bridgehead atoms. The van der Waals surface area contributed by atoms with Crippen LogP contribution in [0.25, 0.3) is 0 Å². The minimum absolute atomic E-state index is 0.0398. The highest BCUT2D eigenvalue weighted by Gasteiger charge is 2.09. The standard InChI is InChI=1S/C13H13BrClNOS/c1-16(7-11-4-5-13(15)18-11)12-6-10(14)3-2-9(12)8-17/h2-6,17H,7-8H2,1H3. The van der Waals surface area contributed by atoms with Crippen LogP contribution in [-0.2, 0) is 13.2 Å². The van der Waals surface area contributed by atoms with Crippen LogP contribution < -0.4 is 4.90 Å². The number of aliphatic hydroxyl groups is 1. The van der Waals surface area contributed by atoms with Gasteiger partial charge < -0.3 is 10.0 Å². The van der Waals surface area contributed by atoms with Gasteiger partial charge in [0.05, 0.1) is 17.5 Å². The third kappa shape index (κ3) is 3.26. The van der Waals surface area contributed by atoms with Crippen LogP contribution in [0.15, 0.2) is 34.8 Å². The van der Waals surface area contributed by atoms with Crippen molar-refractivity contribution in [1.29, 1.82) is 0 Å². The fourth-order valence-electron chi connectivity index (χ4n) is 1.78. The van der Waals surface area contributed by atoms with Crippen LogP contribution in [0.1, 0.15) is 10.4 Å². The second-order valence-electron chi connectivity index (χ2n) is 3.99. The van der Waals surface area contributed by atoms with Gasteiger partial charge in [-0.05, 0) is 24.3 Å². The zero-order chi connectivity index (χ0) is 13.1. The minimum Gasteiger partial charge on any atom is -0.392 e. The molecule has 0 aliphatic rings. The molecule has 1 aromatic carbocycles. The molecule has 0 atom stereocenters. The Labute approximate surface area is 124 Å². The van der Waals surface area contributed by atoms with Gasteiger partial charge in [-0.1, -0.05) is 33.6 Å². The first-order valence-corrected chi connectivity index (χ1v) is 7.43. The quantitative estimate of drug-likeness (QED) is 0.892. The maximum Gasteiger partial charge on any atom is 0.0931 e. The van der Waals surface area contributed by atoms with Gasteiger partial charge in [0.2, 0.25) is 0 Å². The first-order chi connectivity index (χ1) is 8.60. The number of benzene rings is 1. The summed E-state index contributed by atoms with van der Waals surface area (Å²) in [5.41, 5.74) is 1.94. The van der Waals surface area contributed by atoms with Crippen molar-refractivity contribution in [2.75, 3.05) is 11.9 Å². The van der Waals surface area contributed by atoms with Gasteiger partial charge in [0.25, 0.3) is 0 Å². The molecule has 1 heterocycles. The van der Waals surface area contributed by atoms with E-state index in [-0.39, 0.29) is 6.61 Å². The van der Waals surface area contributed by atoms with Gasteiger partial charge in [0, 0.05) is 27.6 Å². The number of hydrogen-bond acceptors (Lipinski definition) is 3. The molecule has 96 valence electrons. The van der Waals surface area contributed by atoms with Crippen molar-refractivity contribution in [1.82, 2.24) is 0 Å². The van der Waals surface area contributed by atoms with E-state index in [9.17, 15) is 5.11 Å². The average Bonchev–Trinajstić information content (AvgIpc) is 2.74. The summed E-state index contributed by atoms with van der Waals surface area (Å²) in [5.74, 6) is 0. The molecule has 2 nitrogen and oxygen atoms in total. The number of hydrogen-bond donors (Lipinski definition) is 1. The molecule has 0 unspecified atom stereocenters. The third-order valence-electron chi connectivity index (χ3n) is 2.65. The van der Waals surface area contributed by atoms with E-state index >= 15 is 0 Å². The largest absolute Gasteiger partial charge is 0.392 e. The van der Waals surface area contributed by atoms with Crippen LogP contribution in [0.5, 0.6) is 0 Å². The lowest BCUT2D eigenvalue weighted by atomic mass is 10.1. The fourth-order valence-corrected chi connectivity index (χ4v) is 3.27. The Morgan fingerprint density at radius 2 is 2.11 bits per heavy atom. The molecule has 1 aromatic heterocycles. The molecular weight excluding hydrogens is 334 g/mol. The molecule has 2 aromatic rings. The summed E-state index contributed by atoms with van der Waals surface area (Å²) in [7, 11) is 2.01. The fraction of sp³-hybridized carbons (Fsp3) is 0.231. The second-order valence-corrected chi connectivity index (χ2v) is 6.71. The van der Waals surface area contributed by atoms with E-state index in [0.717, 1.165) is 26.6 Å². The van der Waals surface area contributed by atoms with Gasteiger partial charge in [-0.3, -0.25) is 0 Å². The van der Waals surface area contributed by atoms with Crippen LogP contribution in [0.2, 0.25) is 4.34 Å². The number of aliphatic hydroxyl groups excluding tert-OH is 1. The summed E-state index contributed by atoms with van der Waals surface area (Å²) in [4.78, 5) is 3.31. The Bertz CT molecular complexity index is 544. The van der Waals surface area contributed by atoms with Crippen molar-refractivity contribution >= 4 is 44.6 Å². The van der Waals surface area contributed by atoms with E-state index in [4.69, 9.17) is 11.6 Å². The van der Waals surface area contributed by atoms with Gasteiger partial charge in [0.15, 0.2) is 0 Å². The molecule has 0 radical (unpaired) electrons. The number of thiophene rings is 1. The molecule has 0 amide bonds. The Hall–Kier alpha value is -0.550. The van der Waals surface area contributed by atoms with Gasteiger partial charge in [-0.15, -0.1) is 11.3 Å². The Morgan fingerprint density at radius 1 is 1.33 bits per heavy atom. The summed E-state index contributed by atoms with van der Waals surface area (Å²) in [6, 6.07) is 9.81. The van der Waals surface area contributed by atoms with Gasteiger partial charge in [0.1, 0.15) is 0 Å². The average molecular weight is 347 g/mol. The Balaban J connectivity index is 2.22. The lowest BCUT2D eigenvalue weighted by molar-refractivity contribution is 0.282. The van der Waals surface area contributed by atoms with Crippen molar-refractivity contribution in [2.24, 2.45) is 0 Å². The lowest BCUT2D eigenvalue weighted by Crippen LogP contribution is -2.17. The van der Waals surface area contributed by atoms with Crippen LogP contribution in [0, 0.1) is 0 Å². The first kappa shape index (κ1) is 13.9. The van der Waals surface area contributed by atoms with Crippen LogP contribution in [0.3, 0.4) is 0 Å². The highest BCUT2D eigenvalue weighted by atomic mass is 79.9. The van der Waals surface area contributed by atoms with Gasteiger partial charge in [-0.2, -0.15) is 0 Å². The van der Waals surface area contributed by atoms with Gasteiger partial charge >= 0.3 is 0 Å². The van der Waals surface area contributed by atoms with Crippen molar-refractivity contribution < 1.29 is 5.11 Å². The van der Waals surface area contributed by atoms with E-state index in [1.165, 1.54) is 4.88 Å². The van der Waals surface area contributed by atoms with Crippen molar-refractivity contribution in [3.8, 4) is 0 Å². The molecular formula is C13H13BrClNOS. The molecule has 0 saturated heterocycles. The number of halogens is 2. The SMILES string of the molecule is CN(Cc1ccc(Cl)s1)c1cc(Br)ccc1CO. The smallest absolute Gasteiger partial charge is 0.0931 e. The summed E-state index contributed by atoms with van der Waals surface area (Å²) in [6.07, 6.45) is 0. The van der Waals surface area contributed by atoms with E-state index in [0.29, 0.717) is 0 Å². The zero-order valence-corrected chi connectivity index (χ0v) is 13.0. The molecule has 0 spiro atoms. The molecule has 1 N–H and O–H groups in total. The van der Waals surface area contributed by atoms with Gasteiger partial charge in [-0.25, -0.2) is 0 Å². The summed E-state index contributed by atoms with van der Waals surface area (Å²) in [5, 5.41) is 9.37. The monoisotopic (exact) mass is 345 g/mol.